The van der Waals surface area contributed by atoms with Crippen LogP contribution in [0, 0.1) is 6.92 Å². The van der Waals surface area contributed by atoms with E-state index >= 15 is 0 Å². The number of hydrogen-bond acceptors (Lipinski definition) is 4. The molecule has 6 heteroatoms. The molecule has 23 heavy (non-hydrogen) atoms. The third-order valence-corrected chi connectivity index (χ3v) is 3.49. The molecule has 0 aliphatic carbocycles. The summed E-state index contributed by atoms with van der Waals surface area (Å²) in [7, 11) is 1.60. The van der Waals surface area contributed by atoms with Gasteiger partial charge >= 0.3 is 0 Å². The summed E-state index contributed by atoms with van der Waals surface area (Å²) < 4.78 is 11.6. The van der Waals surface area contributed by atoms with Gasteiger partial charge in [-0.3, -0.25) is 4.79 Å². The molecule has 2 aromatic carbocycles. The van der Waals surface area contributed by atoms with Gasteiger partial charge in [-0.25, -0.2) is 5.43 Å². The number of ether oxygens (including phenoxy) is 2. The second kappa shape index (κ2) is 8.33. The van der Waals surface area contributed by atoms with Crippen LogP contribution in [-0.2, 0) is 4.79 Å². The van der Waals surface area contributed by atoms with Crippen molar-refractivity contribution in [2.75, 3.05) is 13.7 Å². The Morgan fingerprint density at radius 3 is 2.87 bits per heavy atom. The highest BCUT2D eigenvalue weighted by molar-refractivity contribution is 9.10. The van der Waals surface area contributed by atoms with Crippen molar-refractivity contribution in [1.29, 1.82) is 0 Å². The summed E-state index contributed by atoms with van der Waals surface area (Å²) in [5.41, 5.74) is 4.20. The molecule has 0 aromatic heterocycles. The lowest BCUT2D eigenvalue weighted by Crippen LogP contribution is -2.24. The Hall–Kier alpha value is -2.34. The van der Waals surface area contributed by atoms with Gasteiger partial charge in [0.1, 0.15) is 11.5 Å². The Bertz CT molecular complexity index is 717. The first-order chi connectivity index (χ1) is 11.1. The van der Waals surface area contributed by atoms with Crippen molar-refractivity contribution in [3.63, 3.8) is 0 Å². The van der Waals surface area contributed by atoms with Gasteiger partial charge in [0.05, 0.1) is 13.3 Å². The Morgan fingerprint density at radius 2 is 2.13 bits per heavy atom. The lowest BCUT2D eigenvalue weighted by Gasteiger charge is -2.08. The highest BCUT2D eigenvalue weighted by atomic mass is 79.9. The summed E-state index contributed by atoms with van der Waals surface area (Å²) in [6.07, 6.45) is 1.55. The van der Waals surface area contributed by atoms with Crippen LogP contribution in [0.2, 0.25) is 0 Å². The highest BCUT2D eigenvalue weighted by Crippen LogP contribution is 2.21. The first kappa shape index (κ1) is 17.0. The molecule has 1 amide bonds. The average molecular weight is 377 g/mol. The fourth-order valence-electron chi connectivity index (χ4n) is 1.85. The number of nitrogens with zero attached hydrogens (tertiary/aromatic N) is 1. The van der Waals surface area contributed by atoms with Crippen molar-refractivity contribution >= 4 is 28.1 Å². The van der Waals surface area contributed by atoms with Crippen LogP contribution in [-0.4, -0.2) is 25.8 Å². The molecule has 0 heterocycles. The Balaban J connectivity index is 1.83. The van der Waals surface area contributed by atoms with E-state index in [1.54, 1.807) is 13.3 Å². The molecule has 0 aliphatic rings. The quantitative estimate of drug-likeness (QED) is 0.621. The summed E-state index contributed by atoms with van der Waals surface area (Å²) >= 11 is 3.38. The largest absolute Gasteiger partial charge is 0.497 e. The minimum atomic E-state index is -0.327. The van der Waals surface area contributed by atoms with Crippen LogP contribution in [0.1, 0.15) is 11.1 Å². The van der Waals surface area contributed by atoms with E-state index in [9.17, 15) is 4.79 Å². The molecule has 0 saturated carbocycles. The molecular weight excluding hydrogens is 360 g/mol. The van der Waals surface area contributed by atoms with Crippen molar-refractivity contribution < 1.29 is 14.3 Å². The summed E-state index contributed by atoms with van der Waals surface area (Å²) in [6, 6.07) is 13.0. The number of hydrogen-bond donors (Lipinski definition) is 1. The molecule has 0 radical (unpaired) electrons. The predicted molar refractivity (Wildman–Crippen MR) is 93.1 cm³/mol. The molecule has 0 bridgehead atoms. The van der Waals surface area contributed by atoms with Gasteiger partial charge in [0.2, 0.25) is 0 Å². The molecule has 5 nitrogen and oxygen atoms in total. The van der Waals surface area contributed by atoms with Crippen molar-refractivity contribution in [3.8, 4) is 11.5 Å². The van der Waals surface area contributed by atoms with Gasteiger partial charge in [-0.1, -0.05) is 28.1 Å². The maximum atomic E-state index is 11.7. The van der Waals surface area contributed by atoms with Crippen LogP contribution in [0.15, 0.2) is 52.0 Å². The number of benzene rings is 2. The maximum absolute atomic E-state index is 11.7. The molecule has 0 saturated heterocycles. The van der Waals surface area contributed by atoms with Crippen molar-refractivity contribution in [1.82, 2.24) is 5.43 Å². The van der Waals surface area contributed by atoms with Gasteiger partial charge < -0.3 is 9.47 Å². The SMILES string of the molecule is COc1cccc(/C=N/NC(=O)COc2ccc(Br)cc2C)c1. The number of methoxy groups -OCH3 is 1. The van der Waals surface area contributed by atoms with Crippen LogP contribution in [0.25, 0.3) is 0 Å². The molecular formula is C17H17BrN2O3. The Labute approximate surface area is 143 Å². The van der Waals surface area contributed by atoms with Crippen molar-refractivity contribution in [2.24, 2.45) is 5.10 Å². The summed E-state index contributed by atoms with van der Waals surface area (Å²) in [4.78, 5) is 11.7. The fourth-order valence-corrected chi connectivity index (χ4v) is 2.33. The van der Waals surface area contributed by atoms with E-state index in [0.29, 0.717) is 5.75 Å². The number of rotatable bonds is 6. The van der Waals surface area contributed by atoms with E-state index in [2.05, 4.69) is 26.5 Å². The topological polar surface area (TPSA) is 59.9 Å². The van der Waals surface area contributed by atoms with Gasteiger partial charge in [-0.05, 0) is 48.4 Å². The number of nitrogens with one attached hydrogen (secondary N) is 1. The van der Waals surface area contributed by atoms with Gasteiger partial charge in [0.25, 0.3) is 5.91 Å². The van der Waals surface area contributed by atoms with Crippen LogP contribution < -0.4 is 14.9 Å². The molecule has 0 fully saturated rings. The van der Waals surface area contributed by atoms with Crippen LogP contribution in [0.3, 0.4) is 0 Å². The number of halogens is 1. The molecule has 120 valence electrons. The van der Waals surface area contributed by atoms with Crippen LogP contribution in [0.5, 0.6) is 11.5 Å². The van der Waals surface area contributed by atoms with Gasteiger partial charge in [0, 0.05) is 4.47 Å². The van der Waals surface area contributed by atoms with E-state index in [1.807, 2.05) is 49.4 Å². The molecule has 1 N–H and O–H groups in total. The van der Waals surface area contributed by atoms with Crippen LogP contribution in [0.4, 0.5) is 0 Å². The zero-order chi connectivity index (χ0) is 16.7. The molecule has 0 atom stereocenters. The second-order valence-electron chi connectivity index (χ2n) is 4.77. The summed E-state index contributed by atoms with van der Waals surface area (Å²) in [6.45, 7) is 1.82. The van der Waals surface area contributed by atoms with E-state index in [1.165, 1.54) is 0 Å². The van der Waals surface area contributed by atoms with Gasteiger partial charge in [0.15, 0.2) is 6.61 Å². The Morgan fingerprint density at radius 1 is 1.30 bits per heavy atom. The van der Waals surface area contributed by atoms with Crippen molar-refractivity contribution in [2.45, 2.75) is 6.92 Å². The van der Waals surface area contributed by atoms with E-state index in [4.69, 9.17) is 9.47 Å². The number of hydrazone groups is 1. The minimum absolute atomic E-state index is 0.0993. The predicted octanol–water partition coefficient (Wildman–Crippen LogP) is 3.30. The van der Waals surface area contributed by atoms with E-state index < -0.39 is 0 Å². The van der Waals surface area contributed by atoms with E-state index in [0.717, 1.165) is 21.3 Å². The lowest BCUT2D eigenvalue weighted by atomic mass is 10.2. The number of carbonyl (C=O) groups excluding carboxylic acids is 1. The lowest BCUT2D eigenvalue weighted by molar-refractivity contribution is -0.123. The minimum Gasteiger partial charge on any atom is -0.497 e. The van der Waals surface area contributed by atoms with E-state index in [-0.39, 0.29) is 12.5 Å². The maximum Gasteiger partial charge on any atom is 0.277 e. The summed E-state index contributed by atoms with van der Waals surface area (Å²) in [5, 5.41) is 3.90. The van der Waals surface area contributed by atoms with Crippen molar-refractivity contribution in [3.05, 3.63) is 58.1 Å². The third-order valence-electron chi connectivity index (χ3n) is 2.99. The zero-order valence-corrected chi connectivity index (χ0v) is 14.5. The first-order valence-corrected chi connectivity index (χ1v) is 7.72. The smallest absolute Gasteiger partial charge is 0.277 e. The normalized spacial score (nSPS) is 10.6. The van der Waals surface area contributed by atoms with Gasteiger partial charge in [-0.15, -0.1) is 0 Å². The van der Waals surface area contributed by atoms with Crippen LogP contribution >= 0.6 is 15.9 Å². The van der Waals surface area contributed by atoms with Gasteiger partial charge in [-0.2, -0.15) is 5.10 Å². The molecule has 0 unspecified atom stereocenters. The second-order valence-corrected chi connectivity index (χ2v) is 5.68. The number of carbonyl (C=O) groups is 1. The molecule has 2 rings (SSSR count). The monoisotopic (exact) mass is 376 g/mol. The number of aryl methyl sites for hydroxylation is 1. The fraction of sp³-hybridized carbons (Fsp3) is 0.176. The zero-order valence-electron chi connectivity index (χ0n) is 12.9. The molecule has 2 aromatic rings. The molecule has 0 aliphatic heterocycles. The summed E-state index contributed by atoms with van der Waals surface area (Å²) in [5.74, 6) is 1.07. The number of amides is 1. The average Bonchev–Trinajstić information content (AvgIpc) is 2.54. The highest BCUT2D eigenvalue weighted by Gasteiger charge is 2.04. The first-order valence-electron chi connectivity index (χ1n) is 6.93. The standard InChI is InChI=1S/C17H17BrN2O3/c1-12-8-14(18)6-7-16(12)23-11-17(21)20-19-10-13-4-3-5-15(9-13)22-2/h3-10H,11H2,1-2H3,(H,20,21)/b19-10+. The molecule has 0 spiro atoms. The Kier molecular flexibility index (Phi) is 6.17. The third kappa shape index (κ3) is 5.41.